The Balaban J connectivity index is 1.70. The maximum atomic E-state index is 13.0. The quantitative estimate of drug-likeness (QED) is 0.588. The van der Waals surface area contributed by atoms with Gasteiger partial charge in [0.2, 0.25) is 15.9 Å². The first-order chi connectivity index (χ1) is 15.3. The molecule has 1 atom stereocenters. The number of sulfonamides is 1. The molecule has 1 N–H and O–H groups in total. The summed E-state index contributed by atoms with van der Waals surface area (Å²) in [4.78, 5) is 15.5. The Kier molecular flexibility index (Phi) is 8.57. The van der Waals surface area contributed by atoms with E-state index in [4.69, 9.17) is 11.6 Å². The number of nitrogens with zero attached hydrogens (tertiary/aromatic N) is 2. The Morgan fingerprint density at radius 3 is 2.44 bits per heavy atom. The van der Waals surface area contributed by atoms with Crippen molar-refractivity contribution in [3.63, 3.8) is 0 Å². The average Bonchev–Trinajstić information content (AvgIpc) is 2.76. The number of anilines is 1. The molecule has 1 saturated heterocycles. The van der Waals surface area contributed by atoms with Crippen LogP contribution in [0.4, 0.5) is 5.69 Å². The topological polar surface area (TPSA) is 69.7 Å². The molecule has 0 radical (unpaired) electrons. The molecule has 0 aromatic heterocycles. The molecule has 0 bridgehead atoms. The van der Waals surface area contributed by atoms with Gasteiger partial charge in [0.1, 0.15) is 6.04 Å². The molecular formula is C24H32ClN3O3S. The van der Waals surface area contributed by atoms with Gasteiger partial charge in [0.25, 0.3) is 0 Å². The van der Waals surface area contributed by atoms with Crippen LogP contribution < -0.4 is 9.62 Å². The second kappa shape index (κ2) is 11.2. The predicted molar refractivity (Wildman–Crippen MR) is 130 cm³/mol. The summed E-state index contributed by atoms with van der Waals surface area (Å²) in [5.74, 6) is -0.334. The number of carbonyl (C=O) groups is 1. The molecule has 0 spiro atoms. The third-order valence-electron chi connectivity index (χ3n) is 5.71. The monoisotopic (exact) mass is 477 g/mol. The van der Waals surface area contributed by atoms with Gasteiger partial charge in [-0.3, -0.25) is 14.0 Å². The number of amides is 1. The van der Waals surface area contributed by atoms with Gasteiger partial charge in [0, 0.05) is 18.1 Å². The first-order valence-electron chi connectivity index (χ1n) is 11.1. The standard InChI is InChI=1S/C24H32ClN3O3S/c1-3-23(28(32(2,30)31)22-12-8-11-21(25)16-22)24(29)26-17-19-9-7-10-20(15-19)18-27-13-5-4-6-14-27/h7-12,15-16,23H,3-6,13-14,17-18H2,1-2H3,(H,26,29). The summed E-state index contributed by atoms with van der Waals surface area (Å²) in [5.41, 5.74) is 2.60. The minimum Gasteiger partial charge on any atom is -0.350 e. The molecule has 1 heterocycles. The van der Waals surface area contributed by atoms with Crippen molar-refractivity contribution in [2.75, 3.05) is 23.7 Å². The van der Waals surface area contributed by atoms with Gasteiger partial charge >= 0.3 is 0 Å². The van der Waals surface area contributed by atoms with Crippen LogP contribution in [0.5, 0.6) is 0 Å². The van der Waals surface area contributed by atoms with E-state index in [1.165, 1.54) is 24.8 Å². The van der Waals surface area contributed by atoms with E-state index >= 15 is 0 Å². The highest BCUT2D eigenvalue weighted by Crippen LogP contribution is 2.25. The maximum absolute atomic E-state index is 13.0. The van der Waals surface area contributed by atoms with Crippen LogP contribution in [0.1, 0.15) is 43.7 Å². The number of benzene rings is 2. The van der Waals surface area contributed by atoms with Gasteiger partial charge < -0.3 is 5.32 Å². The van der Waals surface area contributed by atoms with Crippen molar-refractivity contribution in [1.82, 2.24) is 10.2 Å². The van der Waals surface area contributed by atoms with Crippen molar-refractivity contribution >= 4 is 33.2 Å². The van der Waals surface area contributed by atoms with Gasteiger partial charge in [0.15, 0.2) is 0 Å². The van der Waals surface area contributed by atoms with Gasteiger partial charge in [-0.1, -0.05) is 55.3 Å². The summed E-state index contributed by atoms with van der Waals surface area (Å²) < 4.78 is 26.3. The van der Waals surface area contributed by atoms with Crippen LogP contribution in [0.3, 0.4) is 0 Å². The number of carbonyl (C=O) groups excluding carboxylic acids is 1. The Bertz CT molecular complexity index is 1020. The normalized spacial score (nSPS) is 15.8. The summed E-state index contributed by atoms with van der Waals surface area (Å²) in [7, 11) is -3.69. The zero-order valence-electron chi connectivity index (χ0n) is 18.8. The molecule has 1 aliphatic heterocycles. The summed E-state index contributed by atoms with van der Waals surface area (Å²) in [5, 5.41) is 3.34. The van der Waals surface area contributed by atoms with Crippen molar-refractivity contribution in [1.29, 1.82) is 0 Å². The zero-order chi connectivity index (χ0) is 23.1. The Morgan fingerprint density at radius 1 is 1.09 bits per heavy atom. The molecule has 8 heteroatoms. The zero-order valence-corrected chi connectivity index (χ0v) is 20.3. The molecule has 2 aromatic rings. The van der Waals surface area contributed by atoms with E-state index in [1.54, 1.807) is 31.2 Å². The lowest BCUT2D eigenvalue weighted by molar-refractivity contribution is -0.122. The van der Waals surface area contributed by atoms with Crippen LogP contribution >= 0.6 is 11.6 Å². The summed E-state index contributed by atoms with van der Waals surface area (Å²) >= 11 is 6.07. The molecule has 32 heavy (non-hydrogen) atoms. The fourth-order valence-corrected chi connectivity index (χ4v) is 5.58. The fourth-order valence-electron chi connectivity index (χ4n) is 4.19. The summed E-state index contributed by atoms with van der Waals surface area (Å²) in [6.07, 6.45) is 5.24. The fraction of sp³-hybridized carbons (Fsp3) is 0.458. The van der Waals surface area contributed by atoms with Gasteiger partial charge in [-0.15, -0.1) is 0 Å². The van der Waals surface area contributed by atoms with Crippen molar-refractivity contribution in [2.45, 2.75) is 51.7 Å². The van der Waals surface area contributed by atoms with E-state index in [2.05, 4.69) is 22.3 Å². The van der Waals surface area contributed by atoms with Crippen LogP contribution in [-0.2, 0) is 27.9 Å². The minimum atomic E-state index is -3.69. The molecule has 1 fully saturated rings. The highest BCUT2D eigenvalue weighted by Gasteiger charge is 2.31. The SMILES string of the molecule is CCC(C(=O)NCc1cccc(CN2CCCCC2)c1)N(c1cccc(Cl)c1)S(C)(=O)=O. The lowest BCUT2D eigenvalue weighted by Gasteiger charge is -2.30. The first kappa shape index (κ1) is 24.6. The second-order valence-electron chi connectivity index (χ2n) is 8.34. The second-order valence-corrected chi connectivity index (χ2v) is 10.6. The number of halogens is 1. The lowest BCUT2D eigenvalue weighted by atomic mass is 10.1. The predicted octanol–water partition coefficient (Wildman–Crippen LogP) is 4.19. The number of hydrogen-bond donors (Lipinski definition) is 1. The van der Waals surface area contributed by atoms with Crippen molar-refractivity contribution in [3.05, 3.63) is 64.7 Å². The maximum Gasteiger partial charge on any atom is 0.244 e. The lowest BCUT2D eigenvalue weighted by Crippen LogP contribution is -2.49. The van der Waals surface area contributed by atoms with E-state index in [9.17, 15) is 13.2 Å². The molecule has 1 unspecified atom stereocenters. The van der Waals surface area contributed by atoms with E-state index < -0.39 is 16.1 Å². The van der Waals surface area contributed by atoms with Gasteiger partial charge in [-0.2, -0.15) is 0 Å². The van der Waals surface area contributed by atoms with Crippen molar-refractivity contribution < 1.29 is 13.2 Å². The molecular weight excluding hydrogens is 446 g/mol. The molecule has 1 aliphatic rings. The summed E-state index contributed by atoms with van der Waals surface area (Å²) in [6.45, 7) is 5.31. The molecule has 3 rings (SSSR count). The third kappa shape index (κ3) is 6.70. The van der Waals surface area contributed by atoms with Gasteiger partial charge in [0.05, 0.1) is 11.9 Å². The van der Waals surface area contributed by atoms with Crippen LogP contribution in [-0.4, -0.2) is 44.6 Å². The number of rotatable bonds is 9. The molecule has 0 aliphatic carbocycles. The largest absolute Gasteiger partial charge is 0.350 e. The average molecular weight is 478 g/mol. The highest BCUT2D eigenvalue weighted by molar-refractivity contribution is 7.92. The van der Waals surface area contributed by atoms with E-state index in [1.807, 2.05) is 12.1 Å². The van der Waals surface area contributed by atoms with E-state index in [0.717, 1.165) is 35.8 Å². The molecule has 2 aromatic carbocycles. The van der Waals surface area contributed by atoms with E-state index in [0.29, 0.717) is 23.7 Å². The highest BCUT2D eigenvalue weighted by atomic mass is 35.5. The summed E-state index contributed by atoms with van der Waals surface area (Å²) in [6, 6.07) is 13.9. The Labute approximate surface area is 196 Å². The van der Waals surface area contributed by atoms with Gasteiger partial charge in [-0.05, 0) is 61.7 Å². The Morgan fingerprint density at radius 2 is 1.78 bits per heavy atom. The number of nitrogens with one attached hydrogen (secondary N) is 1. The van der Waals surface area contributed by atoms with Crippen LogP contribution in [0.15, 0.2) is 48.5 Å². The first-order valence-corrected chi connectivity index (χ1v) is 13.3. The van der Waals surface area contributed by atoms with Gasteiger partial charge in [-0.25, -0.2) is 8.42 Å². The smallest absolute Gasteiger partial charge is 0.244 e. The third-order valence-corrected chi connectivity index (χ3v) is 7.12. The molecule has 6 nitrogen and oxygen atoms in total. The minimum absolute atomic E-state index is 0.334. The van der Waals surface area contributed by atoms with Crippen molar-refractivity contribution in [2.24, 2.45) is 0 Å². The van der Waals surface area contributed by atoms with Crippen molar-refractivity contribution in [3.8, 4) is 0 Å². The Hall–Kier alpha value is -2.09. The number of hydrogen-bond acceptors (Lipinski definition) is 4. The molecule has 174 valence electrons. The van der Waals surface area contributed by atoms with Crippen LogP contribution in [0.25, 0.3) is 0 Å². The van der Waals surface area contributed by atoms with Crippen LogP contribution in [0, 0.1) is 0 Å². The number of piperidine rings is 1. The molecule has 0 saturated carbocycles. The van der Waals surface area contributed by atoms with Crippen LogP contribution in [0.2, 0.25) is 5.02 Å². The molecule has 1 amide bonds. The van der Waals surface area contributed by atoms with E-state index in [-0.39, 0.29) is 5.91 Å². The number of likely N-dealkylation sites (tertiary alicyclic amines) is 1.